The van der Waals surface area contributed by atoms with Crippen molar-refractivity contribution in [2.75, 3.05) is 5.32 Å². The molecule has 0 saturated heterocycles. The quantitative estimate of drug-likeness (QED) is 0.488. The molecule has 1 N–H and O–H groups in total. The lowest BCUT2D eigenvalue weighted by atomic mass is 9.92. The average Bonchev–Trinajstić information content (AvgIpc) is 3.00. The van der Waals surface area contributed by atoms with E-state index in [0.717, 1.165) is 18.5 Å². The number of anilines is 1. The molecule has 0 atom stereocenters. The number of benzene rings is 1. The van der Waals surface area contributed by atoms with Crippen LogP contribution in [0.25, 0.3) is 5.69 Å². The standard InChI is InChI=1S/C21H29Cl2N3O/c1-5-6-7-8-9-10-20(27)24-19-14-18(21(2,3)4)25-26(19)17-13-15(22)11-12-16(17)23/h11-14H,5-10H2,1-4H3,(H,24,27). The Morgan fingerprint density at radius 3 is 2.48 bits per heavy atom. The molecular weight excluding hydrogens is 381 g/mol. The van der Waals surface area contributed by atoms with E-state index in [4.69, 9.17) is 23.2 Å². The summed E-state index contributed by atoms with van der Waals surface area (Å²) in [6, 6.07) is 7.13. The van der Waals surface area contributed by atoms with Crippen LogP contribution in [0.3, 0.4) is 0 Å². The number of amides is 1. The smallest absolute Gasteiger partial charge is 0.225 e. The van der Waals surface area contributed by atoms with Crippen molar-refractivity contribution in [3.63, 3.8) is 0 Å². The molecule has 1 amide bonds. The monoisotopic (exact) mass is 409 g/mol. The van der Waals surface area contributed by atoms with Gasteiger partial charge in [0, 0.05) is 22.9 Å². The van der Waals surface area contributed by atoms with E-state index in [9.17, 15) is 4.79 Å². The zero-order chi connectivity index (χ0) is 20.0. The van der Waals surface area contributed by atoms with Crippen LogP contribution in [0.4, 0.5) is 5.82 Å². The summed E-state index contributed by atoms with van der Waals surface area (Å²) in [5.41, 5.74) is 1.37. The van der Waals surface area contributed by atoms with Crippen LogP contribution in [-0.4, -0.2) is 15.7 Å². The van der Waals surface area contributed by atoms with Gasteiger partial charge >= 0.3 is 0 Å². The molecule has 0 spiro atoms. The Bertz CT molecular complexity index is 778. The van der Waals surface area contributed by atoms with Crippen LogP contribution in [0, 0.1) is 0 Å². The van der Waals surface area contributed by atoms with Crippen LogP contribution >= 0.6 is 23.2 Å². The van der Waals surface area contributed by atoms with Crippen molar-refractivity contribution >= 4 is 34.9 Å². The van der Waals surface area contributed by atoms with Gasteiger partial charge in [-0.05, 0) is 24.6 Å². The second-order valence-corrected chi connectivity index (χ2v) is 8.73. The summed E-state index contributed by atoms with van der Waals surface area (Å²) < 4.78 is 1.67. The Morgan fingerprint density at radius 2 is 1.81 bits per heavy atom. The van der Waals surface area contributed by atoms with Gasteiger partial charge in [0.2, 0.25) is 5.91 Å². The van der Waals surface area contributed by atoms with E-state index in [2.05, 4.69) is 38.1 Å². The van der Waals surface area contributed by atoms with Gasteiger partial charge in [0.25, 0.3) is 0 Å². The summed E-state index contributed by atoms with van der Waals surface area (Å²) in [7, 11) is 0. The van der Waals surface area contributed by atoms with Crippen molar-refractivity contribution in [3.05, 3.63) is 40.0 Å². The van der Waals surface area contributed by atoms with Crippen molar-refractivity contribution < 1.29 is 4.79 Å². The number of unbranched alkanes of at least 4 members (excludes halogenated alkanes) is 4. The van der Waals surface area contributed by atoms with Gasteiger partial charge in [-0.15, -0.1) is 0 Å². The van der Waals surface area contributed by atoms with E-state index in [0.29, 0.717) is 28.0 Å². The molecule has 2 aromatic rings. The van der Waals surface area contributed by atoms with Crippen LogP contribution in [0.1, 0.15) is 71.9 Å². The summed E-state index contributed by atoms with van der Waals surface area (Å²) in [6.45, 7) is 8.43. The minimum atomic E-state index is -0.157. The second-order valence-electron chi connectivity index (χ2n) is 7.88. The maximum absolute atomic E-state index is 12.4. The first kappa shape index (κ1) is 21.8. The first-order valence-corrected chi connectivity index (χ1v) is 10.3. The fraction of sp³-hybridized carbons (Fsp3) is 0.524. The zero-order valence-corrected chi connectivity index (χ0v) is 18.1. The van der Waals surface area contributed by atoms with Gasteiger partial charge in [0.05, 0.1) is 16.4 Å². The van der Waals surface area contributed by atoms with Crippen molar-refractivity contribution in [2.45, 2.75) is 71.6 Å². The van der Waals surface area contributed by atoms with Gasteiger partial charge in [0.1, 0.15) is 5.82 Å². The number of carbonyl (C=O) groups excluding carboxylic acids is 1. The highest BCUT2D eigenvalue weighted by molar-refractivity contribution is 6.34. The van der Waals surface area contributed by atoms with Crippen LogP contribution < -0.4 is 5.32 Å². The first-order chi connectivity index (χ1) is 12.7. The number of hydrogen-bond acceptors (Lipinski definition) is 2. The van der Waals surface area contributed by atoms with Gasteiger partial charge in [-0.1, -0.05) is 76.6 Å². The lowest BCUT2D eigenvalue weighted by Crippen LogP contribution is -2.15. The second kappa shape index (κ2) is 9.61. The molecule has 0 aliphatic heterocycles. The normalized spacial score (nSPS) is 11.6. The number of halogens is 2. The molecule has 2 rings (SSSR count). The van der Waals surface area contributed by atoms with E-state index in [1.165, 1.54) is 19.3 Å². The van der Waals surface area contributed by atoms with Crippen molar-refractivity contribution in [1.29, 1.82) is 0 Å². The van der Waals surface area contributed by atoms with Crippen LogP contribution in [-0.2, 0) is 10.2 Å². The van der Waals surface area contributed by atoms with Crippen molar-refractivity contribution in [3.8, 4) is 5.69 Å². The third-order valence-electron chi connectivity index (χ3n) is 4.39. The van der Waals surface area contributed by atoms with E-state index in [1.54, 1.807) is 22.9 Å². The molecule has 1 aromatic heterocycles. The Balaban J connectivity index is 2.23. The highest BCUT2D eigenvalue weighted by Crippen LogP contribution is 2.30. The van der Waals surface area contributed by atoms with E-state index < -0.39 is 0 Å². The minimum Gasteiger partial charge on any atom is -0.311 e. The molecule has 1 aromatic carbocycles. The van der Waals surface area contributed by atoms with E-state index >= 15 is 0 Å². The molecule has 0 aliphatic rings. The molecular formula is C21H29Cl2N3O. The molecule has 148 valence electrons. The topological polar surface area (TPSA) is 46.9 Å². The summed E-state index contributed by atoms with van der Waals surface area (Å²) >= 11 is 12.5. The number of rotatable bonds is 8. The Kier molecular flexibility index (Phi) is 7.75. The number of aromatic nitrogens is 2. The highest BCUT2D eigenvalue weighted by atomic mass is 35.5. The van der Waals surface area contributed by atoms with Crippen molar-refractivity contribution in [1.82, 2.24) is 9.78 Å². The molecule has 0 fully saturated rings. The maximum atomic E-state index is 12.4. The van der Waals surface area contributed by atoms with Crippen molar-refractivity contribution in [2.24, 2.45) is 0 Å². The summed E-state index contributed by atoms with van der Waals surface area (Å²) in [5.74, 6) is 0.605. The SMILES string of the molecule is CCCCCCCC(=O)Nc1cc(C(C)(C)C)nn1-c1cc(Cl)ccc1Cl. The molecule has 0 saturated carbocycles. The van der Waals surface area contributed by atoms with Crippen LogP contribution in [0.2, 0.25) is 10.0 Å². The predicted octanol–water partition coefficient (Wildman–Crippen LogP) is 6.78. The highest BCUT2D eigenvalue weighted by Gasteiger charge is 2.22. The Hall–Kier alpha value is -1.52. The summed E-state index contributed by atoms with van der Waals surface area (Å²) in [5, 5.41) is 8.78. The van der Waals surface area contributed by atoms with Crippen LogP contribution in [0.15, 0.2) is 24.3 Å². The third kappa shape index (κ3) is 6.25. The fourth-order valence-electron chi connectivity index (χ4n) is 2.76. The number of hydrogen-bond donors (Lipinski definition) is 1. The number of nitrogens with one attached hydrogen (secondary N) is 1. The lowest BCUT2D eigenvalue weighted by Gasteiger charge is -2.14. The first-order valence-electron chi connectivity index (χ1n) is 9.58. The Morgan fingerprint density at radius 1 is 1.11 bits per heavy atom. The number of carbonyl (C=O) groups is 1. The molecule has 4 nitrogen and oxygen atoms in total. The summed E-state index contributed by atoms with van der Waals surface area (Å²) in [6.07, 6.45) is 6.06. The van der Waals surface area contributed by atoms with Gasteiger partial charge in [-0.25, -0.2) is 4.68 Å². The minimum absolute atomic E-state index is 0.00809. The van der Waals surface area contributed by atoms with Gasteiger partial charge in [-0.2, -0.15) is 5.10 Å². The maximum Gasteiger partial charge on any atom is 0.225 e. The predicted molar refractivity (Wildman–Crippen MR) is 114 cm³/mol. The summed E-state index contributed by atoms with van der Waals surface area (Å²) in [4.78, 5) is 12.4. The van der Waals surface area contributed by atoms with E-state index in [1.807, 2.05) is 6.07 Å². The zero-order valence-electron chi connectivity index (χ0n) is 16.6. The fourth-order valence-corrected chi connectivity index (χ4v) is 3.13. The van der Waals surface area contributed by atoms with Gasteiger partial charge < -0.3 is 5.32 Å². The average molecular weight is 410 g/mol. The lowest BCUT2D eigenvalue weighted by molar-refractivity contribution is -0.116. The molecule has 6 heteroatoms. The molecule has 0 bridgehead atoms. The van der Waals surface area contributed by atoms with Gasteiger partial charge in [0.15, 0.2) is 0 Å². The van der Waals surface area contributed by atoms with Gasteiger partial charge in [-0.3, -0.25) is 4.79 Å². The Labute approximate surface area is 172 Å². The van der Waals surface area contributed by atoms with Crippen LogP contribution in [0.5, 0.6) is 0 Å². The van der Waals surface area contributed by atoms with E-state index in [-0.39, 0.29) is 11.3 Å². The largest absolute Gasteiger partial charge is 0.311 e. The molecule has 0 aliphatic carbocycles. The molecule has 0 unspecified atom stereocenters. The molecule has 0 radical (unpaired) electrons. The number of nitrogens with zero attached hydrogens (tertiary/aromatic N) is 2. The molecule has 1 heterocycles. The third-order valence-corrected chi connectivity index (χ3v) is 4.94. The molecule has 27 heavy (non-hydrogen) atoms.